The number of aromatic carboxylic acids is 1. The molecular weight excluding hydrogens is 412 g/mol. The highest BCUT2D eigenvalue weighted by Crippen LogP contribution is 2.30. The van der Waals surface area contributed by atoms with Gasteiger partial charge in [0.2, 0.25) is 5.76 Å². The van der Waals surface area contributed by atoms with Crippen molar-refractivity contribution in [3.05, 3.63) is 82.8 Å². The van der Waals surface area contributed by atoms with E-state index in [9.17, 15) is 14.9 Å². The SMILES string of the molecule is COc1cc(/C=C(/C#N)C(=O)Nc2ccc(C)cc2)ccc1OCc1ccc(C(=O)O)o1. The van der Waals surface area contributed by atoms with Crippen molar-refractivity contribution >= 4 is 23.6 Å². The van der Waals surface area contributed by atoms with E-state index < -0.39 is 11.9 Å². The number of hydrogen-bond donors (Lipinski definition) is 2. The minimum atomic E-state index is -1.16. The molecule has 0 radical (unpaired) electrons. The fourth-order valence-electron chi connectivity index (χ4n) is 2.76. The third-order valence-electron chi connectivity index (χ3n) is 4.42. The van der Waals surface area contributed by atoms with Gasteiger partial charge in [-0.1, -0.05) is 23.8 Å². The summed E-state index contributed by atoms with van der Waals surface area (Å²) in [5, 5.41) is 21.0. The minimum Gasteiger partial charge on any atom is -0.493 e. The average Bonchev–Trinajstić information content (AvgIpc) is 3.27. The smallest absolute Gasteiger partial charge is 0.371 e. The number of carboxylic acids is 1. The lowest BCUT2D eigenvalue weighted by Gasteiger charge is -2.11. The summed E-state index contributed by atoms with van der Waals surface area (Å²) in [7, 11) is 1.46. The number of benzene rings is 2. The number of carbonyl (C=O) groups excluding carboxylic acids is 1. The second-order valence-electron chi connectivity index (χ2n) is 6.76. The quantitative estimate of drug-likeness (QED) is 0.399. The number of nitriles is 1. The molecule has 3 aromatic rings. The third kappa shape index (κ3) is 5.55. The zero-order valence-corrected chi connectivity index (χ0v) is 17.4. The molecule has 0 saturated carbocycles. The number of methoxy groups -OCH3 is 1. The van der Waals surface area contributed by atoms with Gasteiger partial charge in [-0.2, -0.15) is 5.26 Å². The Morgan fingerprint density at radius 1 is 1.12 bits per heavy atom. The van der Waals surface area contributed by atoms with Gasteiger partial charge in [-0.05, 0) is 55.0 Å². The first-order chi connectivity index (χ1) is 15.4. The van der Waals surface area contributed by atoms with Gasteiger partial charge in [0.05, 0.1) is 7.11 Å². The predicted octanol–water partition coefficient (Wildman–Crippen LogP) is 4.42. The molecule has 0 spiro atoms. The Morgan fingerprint density at radius 2 is 1.88 bits per heavy atom. The van der Waals surface area contributed by atoms with Crippen LogP contribution < -0.4 is 14.8 Å². The number of aryl methyl sites for hydroxylation is 1. The predicted molar refractivity (Wildman–Crippen MR) is 116 cm³/mol. The molecule has 0 fully saturated rings. The number of anilines is 1. The molecular formula is C24H20N2O6. The van der Waals surface area contributed by atoms with Crippen molar-refractivity contribution in [2.45, 2.75) is 13.5 Å². The lowest BCUT2D eigenvalue weighted by Crippen LogP contribution is -2.13. The highest BCUT2D eigenvalue weighted by Gasteiger charge is 2.13. The standard InChI is InChI=1S/C24H20N2O6/c1-15-3-6-18(7-4-15)26-23(27)17(13-25)11-16-5-9-20(22(12-16)30-2)31-14-19-8-10-21(32-19)24(28)29/h3-12H,14H2,1-2H3,(H,26,27)(H,28,29)/b17-11-. The van der Waals surface area contributed by atoms with Gasteiger partial charge in [-0.3, -0.25) is 4.79 Å². The Hall–Kier alpha value is -4.51. The molecule has 32 heavy (non-hydrogen) atoms. The first kappa shape index (κ1) is 22.2. The molecule has 0 bridgehead atoms. The van der Waals surface area contributed by atoms with Gasteiger partial charge in [0.25, 0.3) is 5.91 Å². The molecule has 0 saturated heterocycles. The van der Waals surface area contributed by atoms with E-state index in [1.54, 1.807) is 30.3 Å². The first-order valence-corrected chi connectivity index (χ1v) is 9.52. The van der Waals surface area contributed by atoms with Gasteiger partial charge in [-0.25, -0.2) is 4.79 Å². The molecule has 2 aromatic carbocycles. The average molecular weight is 432 g/mol. The van der Waals surface area contributed by atoms with Crippen molar-refractivity contribution in [2.24, 2.45) is 0 Å². The Balaban J connectivity index is 1.73. The number of nitrogens with one attached hydrogen (secondary N) is 1. The fourth-order valence-corrected chi connectivity index (χ4v) is 2.76. The van der Waals surface area contributed by atoms with E-state index in [4.69, 9.17) is 19.0 Å². The fraction of sp³-hybridized carbons (Fsp3) is 0.125. The molecule has 2 N–H and O–H groups in total. The van der Waals surface area contributed by atoms with Gasteiger partial charge in [0.1, 0.15) is 24.0 Å². The summed E-state index contributed by atoms with van der Waals surface area (Å²) in [5.74, 6) is -0.759. The molecule has 0 aliphatic heterocycles. The number of carbonyl (C=O) groups is 2. The lowest BCUT2D eigenvalue weighted by molar-refractivity contribution is -0.112. The molecule has 0 aliphatic rings. The number of carboxylic acid groups (broad SMARTS) is 1. The van der Waals surface area contributed by atoms with Crippen LogP contribution in [0.15, 0.2) is 64.6 Å². The van der Waals surface area contributed by atoms with Crippen LogP contribution in [0.4, 0.5) is 5.69 Å². The van der Waals surface area contributed by atoms with E-state index >= 15 is 0 Å². The van der Waals surface area contributed by atoms with Crippen molar-refractivity contribution in [1.82, 2.24) is 0 Å². The van der Waals surface area contributed by atoms with Gasteiger partial charge in [-0.15, -0.1) is 0 Å². The molecule has 8 heteroatoms. The summed E-state index contributed by atoms with van der Waals surface area (Å²) in [6.07, 6.45) is 1.45. The zero-order chi connectivity index (χ0) is 23.1. The summed E-state index contributed by atoms with van der Waals surface area (Å²) in [6, 6.07) is 16.9. The summed E-state index contributed by atoms with van der Waals surface area (Å²) >= 11 is 0. The van der Waals surface area contributed by atoms with Crippen LogP contribution in [0.25, 0.3) is 6.08 Å². The Labute approximate surface area is 184 Å². The number of nitrogens with zero attached hydrogens (tertiary/aromatic N) is 1. The molecule has 0 atom stereocenters. The number of ether oxygens (including phenoxy) is 2. The minimum absolute atomic E-state index is 0.00122. The number of rotatable bonds is 8. The van der Waals surface area contributed by atoms with Crippen molar-refractivity contribution in [1.29, 1.82) is 5.26 Å². The van der Waals surface area contributed by atoms with Crippen LogP contribution in [0.1, 0.15) is 27.4 Å². The topological polar surface area (TPSA) is 122 Å². The van der Waals surface area contributed by atoms with E-state index in [1.807, 2.05) is 25.1 Å². The lowest BCUT2D eigenvalue weighted by atomic mass is 10.1. The van der Waals surface area contributed by atoms with Crippen molar-refractivity contribution < 1.29 is 28.6 Å². The van der Waals surface area contributed by atoms with Crippen LogP contribution in [0.5, 0.6) is 11.5 Å². The molecule has 0 aliphatic carbocycles. The van der Waals surface area contributed by atoms with Gasteiger partial charge >= 0.3 is 5.97 Å². The molecule has 162 valence electrons. The number of amides is 1. The first-order valence-electron chi connectivity index (χ1n) is 9.52. The second-order valence-corrected chi connectivity index (χ2v) is 6.76. The summed E-state index contributed by atoms with van der Waals surface area (Å²) in [6.45, 7) is 1.94. The van der Waals surface area contributed by atoms with Gasteiger partial charge < -0.3 is 24.3 Å². The molecule has 1 aromatic heterocycles. The van der Waals surface area contributed by atoms with Crippen LogP contribution >= 0.6 is 0 Å². The Kier molecular flexibility index (Phi) is 6.93. The Bertz CT molecular complexity index is 1200. The summed E-state index contributed by atoms with van der Waals surface area (Å²) in [4.78, 5) is 23.3. The van der Waals surface area contributed by atoms with Crippen molar-refractivity contribution in [2.75, 3.05) is 12.4 Å². The van der Waals surface area contributed by atoms with E-state index in [-0.39, 0.29) is 17.9 Å². The van der Waals surface area contributed by atoms with Crippen LogP contribution in [0.2, 0.25) is 0 Å². The van der Waals surface area contributed by atoms with Crippen molar-refractivity contribution in [3.63, 3.8) is 0 Å². The Morgan fingerprint density at radius 3 is 2.50 bits per heavy atom. The normalized spacial score (nSPS) is 10.8. The van der Waals surface area contributed by atoms with Crippen LogP contribution in [-0.2, 0) is 11.4 Å². The van der Waals surface area contributed by atoms with E-state index in [0.29, 0.717) is 28.5 Å². The molecule has 3 rings (SSSR count). The second kappa shape index (κ2) is 10.00. The maximum Gasteiger partial charge on any atom is 0.371 e. The highest BCUT2D eigenvalue weighted by molar-refractivity contribution is 6.09. The monoisotopic (exact) mass is 432 g/mol. The number of furan rings is 1. The largest absolute Gasteiger partial charge is 0.493 e. The van der Waals surface area contributed by atoms with E-state index in [1.165, 1.54) is 25.3 Å². The maximum atomic E-state index is 12.5. The molecule has 1 amide bonds. The third-order valence-corrected chi connectivity index (χ3v) is 4.42. The van der Waals surface area contributed by atoms with Crippen LogP contribution in [0, 0.1) is 18.3 Å². The van der Waals surface area contributed by atoms with Crippen molar-refractivity contribution in [3.8, 4) is 17.6 Å². The van der Waals surface area contributed by atoms with Crippen LogP contribution in [0.3, 0.4) is 0 Å². The van der Waals surface area contributed by atoms with E-state index in [0.717, 1.165) is 5.56 Å². The molecule has 8 nitrogen and oxygen atoms in total. The molecule has 0 unspecified atom stereocenters. The van der Waals surface area contributed by atoms with Gasteiger partial charge in [0.15, 0.2) is 11.5 Å². The van der Waals surface area contributed by atoms with Crippen LogP contribution in [-0.4, -0.2) is 24.1 Å². The summed E-state index contributed by atoms with van der Waals surface area (Å²) < 4.78 is 16.1. The highest BCUT2D eigenvalue weighted by atomic mass is 16.5. The molecule has 1 heterocycles. The van der Waals surface area contributed by atoms with Gasteiger partial charge in [0, 0.05) is 5.69 Å². The zero-order valence-electron chi connectivity index (χ0n) is 17.4. The number of hydrogen-bond acceptors (Lipinski definition) is 6. The van der Waals surface area contributed by atoms with E-state index in [2.05, 4.69) is 5.32 Å². The maximum absolute atomic E-state index is 12.5. The summed E-state index contributed by atoms with van der Waals surface area (Å²) in [5.41, 5.74) is 2.14.